The lowest BCUT2D eigenvalue weighted by Gasteiger charge is -2.05. The van der Waals surface area contributed by atoms with Gasteiger partial charge in [0.15, 0.2) is 0 Å². The molecule has 0 fully saturated rings. The number of hydrogen-bond acceptors (Lipinski definition) is 4. The van der Waals surface area contributed by atoms with Crippen LogP contribution in [-0.2, 0) is 0 Å². The predicted molar refractivity (Wildman–Crippen MR) is 64.0 cm³/mol. The first-order chi connectivity index (χ1) is 7.63. The van der Waals surface area contributed by atoms with E-state index in [4.69, 9.17) is 17.3 Å². The molecule has 0 bridgehead atoms. The summed E-state index contributed by atoms with van der Waals surface area (Å²) in [5, 5.41) is 3.55. The Balaban J connectivity index is 2.26. The average molecular weight is 237 g/mol. The number of hydrogen-bond donors (Lipinski definition) is 3. The first-order valence-electron chi connectivity index (χ1n) is 4.53. The van der Waals surface area contributed by atoms with Gasteiger partial charge in [0, 0.05) is 16.8 Å². The van der Waals surface area contributed by atoms with Gasteiger partial charge in [0.05, 0.1) is 0 Å². The van der Waals surface area contributed by atoms with Crippen molar-refractivity contribution in [3.05, 3.63) is 45.7 Å². The predicted octanol–water partition coefficient (Wildman–Crippen LogP) is 1.75. The zero-order chi connectivity index (χ0) is 11.5. The van der Waals surface area contributed by atoms with E-state index in [-0.39, 0.29) is 11.4 Å². The summed E-state index contributed by atoms with van der Waals surface area (Å²) in [7, 11) is 0. The molecule has 0 amide bonds. The van der Waals surface area contributed by atoms with Crippen LogP contribution in [0, 0.1) is 0 Å². The Bertz CT molecular complexity index is 549. The molecule has 1 heterocycles. The van der Waals surface area contributed by atoms with Crippen LogP contribution in [0.1, 0.15) is 0 Å². The van der Waals surface area contributed by atoms with Crippen LogP contribution in [0.2, 0.25) is 5.02 Å². The first-order valence-corrected chi connectivity index (χ1v) is 4.91. The van der Waals surface area contributed by atoms with E-state index in [1.165, 1.54) is 6.07 Å². The van der Waals surface area contributed by atoms with Crippen molar-refractivity contribution in [3.8, 4) is 0 Å². The van der Waals surface area contributed by atoms with Crippen molar-refractivity contribution in [3.63, 3.8) is 0 Å². The van der Waals surface area contributed by atoms with Crippen LogP contribution in [0.5, 0.6) is 0 Å². The number of anilines is 3. The molecule has 6 heteroatoms. The smallest absolute Gasteiger partial charge is 0.254 e. The lowest BCUT2D eigenvalue weighted by molar-refractivity contribution is 1.13. The standard InChI is InChI=1S/C10H9ClN4O/c11-6-1-3-7(4-2-6)13-10-14-8(12)5-9(16)15-10/h1-5H,(H4,12,13,14,15,16). The second kappa shape index (κ2) is 4.24. The molecule has 2 rings (SSSR count). The van der Waals surface area contributed by atoms with E-state index in [9.17, 15) is 4.79 Å². The number of H-pyrrole nitrogens is 1. The summed E-state index contributed by atoms with van der Waals surface area (Å²) in [4.78, 5) is 17.6. The maximum atomic E-state index is 11.1. The van der Waals surface area contributed by atoms with E-state index in [1.807, 2.05) is 0 Å². The Morgan fingerprint density at radius 1 is 1.31 bits per heavy atom. The Hall–Kier alpha value is -2.01. The third-order valence-corrected chi connectivity index (χ3v) is 2.12. The largest absolute Gasteiger partial charge is 0.383 e. The van der Waals surface area contributed by atoms with Crippen LogP contribution in [0.4, 0.5) is 17.5 Å². The SMILES string of the molecule is Nc1cc(=O)[nH]c(Nc2ccc(Cl)cc2)n1. The van der Waals surface area contributed by atoms with Crippen LogP contribution in [0.15, 0.2) is 35.1 Å². The van der Waals surface area contributed by atoms with Gasteiger partial charge in [-0.3, -0.25) is 9.78 Å². The topological polar surface area (TPSA) is 83.8 Å². The number of aromatic amines is 1. The van der Waals surface area contributed by atoms with Gasteiger partial charge in [0.25, 0.3) is 5.56 Å². The highest BCUT2D eigenvalue weighted by Gasteiger charge is 1.99. The fourth-order valence-corrected chi connectivity index (χ4v) is 1.33. The highest BCUT2D eigenvalue weighted by molar-refractivity contribution is 6.30. The van der Waals surface area contributed by atoms with Gasteiger partial charge in [0.1, 0.15) is 5.82 Å². The fourth-order valence-electron chi connectivity index (χ4n) is 1.21. The molecule has 0 aliphatic heterocycles. The van der Waals surface area contributed by atoms with Gasteiger partial charge in [-0.1, -0.05) is 11.6 Å². The maximum absolute atomic E-state index is 11.1. The molecule has 0 aliphatic carbocycles. The minimum atomic E-state index is -0.302. The molecule has 0 unspecified atom stereocenters. The zero-order valence-electron chi connectivity index (χ0n) is 8.20. The molecule has 4 N–H and O–H groups in total. The molecule has 16 heavy (non-hydrogen) atoms. The summed E-state index contributed by atoms with van der Waals surface area (Å²) in [6, 6.07) is 8.21. The van der Waals surface area contributed by atoms with Crippen molar-refractivity contribution >= 4 is 29.1 Å². The monoisotopic (exact) mass is 236 g/mol. The Morgan fingerprint density at radius 3 is 2.62 bits per heavy atom. The highest BCUT2D eigenvalue weighted by atomic mass is 35.5. The van der Waals surface area contributed by atoms with Gasteiger partial charge in [-0.15, -0.1) is 0 Å². The minimum Gasteiger partial charge on any atom is -0.383 e. The van der Waals surface area contributed by atoms with E-state index in [0.717, 1.165) is 5.69 Å². The molecule has 0 saturated carbocycles. The van der Waals surface area contributed by atoms with Crippen LogP contribution in [-0.4, -0.2) is 9.97 Å². The van der Waals surface area contributed by atoms with Crippen LogP contribution in [0.25, 0.3) is 0 Å². The van der Waals surface area contributed by atoms with Crippen molar-refractivity contribution in [1.29, 1.82) is 0 Å². The van der Waals surface area contributed by atoms with Crippen LogP contribution in [0.3, 0.4) is 0 Å². The summed E-state index contributed by atoms with van der Waals surface area (Å²) in [6.45, 7) is 0. The molecule has 2 aromatic rings. The van der Waals surface area contributed by atoms with Crippen LogP contribution < -0.4 is 16.6 Å². The summed E-state index contributed by atoms with van der Waals surface area (Å²) in [5.41, 5.74) is 5.91. The molecule has 82 valence electrons. The summed E-state index contributed by atoms with van der Waals surface area (Å²) >= 11 is 5.74. The molecule has 0 spiro atoms. The normalized spacial score (nSPS) is 10.1. The molecule has 0 saturated heterocycles. The summed E-state index contributed by atoms with van der Waals surface area (Å²) in [5.74, 6) is 0.465. The molecule has 1 aromatic carbocycles. The third kappa shape index (κ3) is 2.52. The van der Waals surface area contributed by atoms with E-state index < -0.39 is 0 Å². The van der Waals surface area contributed by atoms with Gasteiger partial charge < -0.3 is 11.1 Å². The number of rotatable bonds is 2. The lowest BCUT2D eigenvalue weighted by atomic mass is 10.3. The van der Waals surface area contributed by atoms with E-state index >= 15 is 0 Å². The van der Waals surface area contributed by atoms with Gasteiger partial charge in [-0.2, -0.15) is 4.98 Å². The Morgan fingerprint density at radius 2 is 2.00 bits per heavy atom. The molecule has 0 aliphatic rings. The number of benzene rings is 1. The van der Waals surface area contributed by atoms with E-state index in [1.54, 1.807) is 24.3 Å². The highest BCUT2D eigenvalue weighted by Crippen LogP contribution is 2.16. The Labute approximate surface area is 96.3 Å². The zero-order valence-corrected chi connectivity index (χ0v) is 8.95. The number of nitrogen functional groups attached to an aromatic ring is 1. The molecule has 1 aromatic heterocycles. The second-order valence-corrected chi connectivity index (χ2v) is 3.59. The summed E-state index contributed by atoms with van der Waals surface area (Å²) < 4.78 is 0. The molecular weight excluding hydrogens is 228 g/mol. The minimum absolute atomic E-state index is 0.167. The van der Waals surface area contributed by atoms with Gasteiger partial charge in [-0.05, 0) is 24.3 Å². The van der Waals surface area contributed by atoms with Crippen molar-refractivity contribution in [2.45, 2.75) is 0 Å². The lowest BCUT2D eigenvalue weighted by Crippen LogP contribution is -2.11. The molecular formula is C10H9ClN4O. The number of nitrogens with one attached hydrogen (secondary N) is 2. The number of nitrogens with zero attached hydrogens (tertiary/aromatic N) is 1. The second-order valence-electron chi connectivity index (χ2n) is 3.15. The van der Waals surface area contributed by atoms with Crippen molar-refractivity contribution in [1.82, 2.24) is 9.97 Å². The number of aromatic nitrogens is 2. The third-order valence-electron chi connectivity index (χ3n) is 1.87. The van der Waals surface area contributed by atoms with Gasteiger partial charge in [-0.25, -0.2) is 0 Å². The quantitative estimate of drug-likeness (QED) is 0.742. The molecule has 0 atom stereocenters. The first kappa shape index (κ1) is 10.5. The van der Waals surface area contributed by atoms with Gasteiger partial charge in [0.2, 0.25) is 5.95 Å². The average Bonchev–Trinajstić information content (AvgIpc) is 2.20. The summed E-state index contributed by atoms with van der Waals surface area (Å²) in [6.07, 6.45) is 0. The van der Waals surface area contributed by atoms with E-state index in [0.29, 0.717) is 11.0 Å². The van der Waals surface area contributed by atoms with Crippen molar-refractivity contribution in [2.24, 2.45) is 0 Å². The number of halogens is 1. The van der Waals surface area contributed by atoms with E-state index in [2.05, 4.69) is 15.3 Å². The van der Waals surface area contributed by atoms with Crippen LogP contribution >= 0.6 is 11.6 Å². The van der Waals surface area contributed by atoms with Crippen molar-refractivity contribution < 1.29 is 0 Å². The molecule has 5 nitrogen and oxygen atoms in total. The van der Waals surface area contributed by atoms with Gasteiger partial charge >= 0.3 is 0 Å². The maximum Gasteiger partial charge on any atom is 0.254 e. The molecule has 0 radical (unpaired) electrons. The van der Waals surface area contributed by atoms with Crippen molar-refractivity contribution in [2.75, 3.05) is 11.1 Å². The number of nitrogens with two attached hydrogens (primary N) is 1. The Kier molecular flexibility index (Phi) is 2.78. The fraction of sp³-hybridized carbons (Fsp3) is 0.